The van der Waals surface area contributed by atoms with Crippen molar-refractivity contribution in [3.63, 3.8) is 0 Å². The lowest BCUT2D eigenvalue weighted by Crippen LogP contribution is -2.40. The van der Waals surface area contributed by atoms with Crippen molar-refractivity contribution in [2.75, 3.05) is 33.9 Å². The van der Waals surface area contributed by atoms with Crippen LogP contribution in [0.15, 0.2) is 23.2 Å². The maximum atomic E-state index is 13.2. The minimum Gasteiger partial charge on any atom is -0.381 e. The molecule has 1 aliphatic rings. The normalized spacial score (nSPS) is 16.6. The Morgan fingerprint density at radius 1 is 1.31 bits per heavy atom. The van der Waals surface area contributed by atoms with E-state index in [1.165, 1.54) is 0 Å². The lowest BCUT2D eigenvalue weighted by molar-refractivity contribution is -0.138. The van der Waals surface area contributed by atoms with Gasteiger partial charge < -0.3 is 15.0 Å². The van der Waals surface area contributed by atoms with Crippen molar-refractivity contribution in [3.8, 4) is 0 Å². The molecule has 0 aliphatic carbocycles. The Hall–Kier alpha value is -1.83. The van der Waals surface area contributed by atoms with E-state index in [2.05, 4.69) is 10.3 Å². The molecule has 4 nitrogen and oxygen atoms in total. The number of hydrogen-bond acceptors (Lipinski definition) is 2. The van der Waals surface area contributed by atoms with Crippen molar-refractivity contribution in [2.45, 2.75) is 32.0 Å². The molecule has 26 heavy (non-hydrogen) atoms. The van der Waals surface area contributed by atoms with E-state index in [9.17, 15) is 17.6 Å². The number of alkyl halides is 3. The van der Waals surface area contributed by atoms with Gasteiger partial charge in [0, 0.05) is 40.4 Å². The molecule has 0 saturated carbocycles. The Kier molecular flexibility index (Phi) is 7.25. The standard InChI is InChI=1S/C18H25F4N3O/c1-23-17(25(2)8-5-13-6-9-26-10-7-13)24-12-14-3-4-15(19)11-16(14)18(20,21)22/h3-4,11,13H,5-10,12H2,1-2H3,(H,23,24). The van der Waals surface area contributed by atoms with E-state index >= 15 is 0 Å². The fourth-order valence-corrected chi connectivity index (χ4v) is 3.04. The highest BCUT2D eigenvalue weighted by Crippen LogP contribution is 2.32. The third kappa shape index (κ3) is 5.86. The van der Waals surface area contributed by atoms with Crippen LogP contribution < -0.4 is 5.32 Å². The van der Waals surface area contributed by atoms with Crippen LogP contribution in [0.4, 0.5) is 17.6 Å². The van der Waals surface area contributed by atoms with E-state index in [1.54, 1.807) is 7.05 Å². The molecule has 0 radical (unpaired) electrons. The molecule has 1 saturated heterocycles. The SMILES string of the molecule is CN=C(NCc1ccc(F)cc1C(F)(F)F)N(C)CCC1CCOCC1. The van der Waals surface area contributed by atoms with Gasteiger partial charge in [0.05, 0.1) is 5.56 Å². The molecule has 146 valence electrons. The van der Waals surface area contributed by atoms with Crippen LogP contribution in [-0.4, -0.2) is 44.7 Å². The lowest BCUT2D eigenvalue weighted by Gasteiger charge is -2.27. The third-order valence-corrected chi connectivity index (χ3v) is 4.60. The smallest absolute Gasteiger partial charge is 0.381 e. The fraction of sp³-hybridized carbons (Fsp3) is 0.611. The summed E-state index contributed by atoms with van der Waals surface area (Å²) in [5.41, 5.74) is -0.983. The topological polar surface area (TPSA) is 36.9 Å². The van der Waals surface area contributed by atoms with Gasteiger partial charge in [-0.3, -0.25) is 4.99 Å². The van der Waals surface area contributed by atoms with Gasteiger partial charge in [0.25, 0.3) is 0 Å². The highest BCUT2D eigenvalue weighted by molar-refractivity contribution is 5.79. The van der Waals surface area contributed by atoms with E-state index in [4.69, 9.17) is 4.74 Å². The van der Waals surface area contributed by atoms with Crippen LogP contribution in [0.25, 0.3) is 0 Å². The molecule has 1 aliphatic heterocycles. The first-order valence-corrected chi connectivity index (χ1v) is 8.66. The van der Waals surface area contributed by atoms with Gasteiger partial charge >= 0.3 is 6.18 Å². The summed E-state index contributed by atoms with van der Waals surface area (Å²) in [6, 6.07) is 2.71. The van der Waals surface area contributed by atoms with E-state index in [-0.39, 0.29) is 12.1 Å². The number of ether oxygens (including phenoxy) is 1. The van der Waals surface area contributed by atoms with Crippen molar-refractivity contribution in [1.29, 1.82) is 0 Å². The summed E-state index contributed by atoms with van der Waals surface area (Å²) < 4.78 is 57.8. The summed E-state index contributed by atoms with van der Waals surface area (Å²) in [6.45, 7) is 2.24. The van der Waals surface area contributed by atoms with E-state index in [0.29, 0.717) is 17.9 Å². The molecule has 0 bridgehead atoms. The molecule has 0 atom stereocenters. The maximum Gasteiger partial charge on any atom is 0.416 e. The molecule has 1 N–H and O–H groups in total. The average molecular weight is 375 g/mol. The van der Waals surface area contributed by atoms with E-state index in [1.807, 2.05) is 11.9 Å². The second kappa shape index (κ2) is 9.21. The Morgan fingerprint density at radius 3 is 2.62 bits per heavy atom. The van der Waals surface area contributed by atoms with Crippen LogP contribution in [0.5, 0.6) is 0 Å². The number of nitrogens with one attached hydrogen (secondary N) is 1. The Bertz CT molecular complexity index is 613. The molecule has 1 aromatic rings. The molecule has 2 rings (SSSR count). The number of halogens is 4. The molecule has 1 heterocycles. The van der Waals surface area contributed by atoms with Gasteiger partial charge in [0.1, 0.15) is 5.82 Å². The van der Waals surface area contributed by atoms with E-state index in [0.717, 1.165) is 51.2 Å². The second-order valence-electron chi connectivity index (χ2n) is 6.47. The first-order valence-electron chi connectivity index (χ1n) is 8.66. The van der Waals surface area contributed by atoms with Crippen LogP contribution in [-0.2, 0) is 17.5 Å². The van der Waals surface area contributed by atoms with Crippen molar-refractivity contribution < 1.29 is 22.3 Å². The number of benzene rings is 1. The molecule has 0 spiro atoms. The van der Waals surface area contributed by atoms with E-state index < -0.39 is 17.6 Å². The quantitative estimate of drug-likeness (QED) is 0.485. The summed E-state index contributed by atoms with van der Waals surface area (Å²) in [5, 5.41) is 2.93. The summed E-state index contributed by atoms with van der Waals surface area (Å²) >= 11 is 0. The lowest BCUT2D eigenvalue weighted by atomic mass is 9.96. The summed E-state index contributed by atoms with van der Waals surface area (Å²) in [5.74, 6) is 0.201. The van der Waals surface area contributed by atoms with Crippen LogP contribution in [0.3, 0.4) is 0 Å². The van der Waals surface area contributed by atoms with Gasteiger partial charge in [-0.1, -0.05) is 6.07 Å². The summed E-state index contributed by atoms with van der Waals surface area (Å²) in [4.78, 5) is 6.02. The zero-order valence-corrected chi connectivity index (χ0v) is 15.1. The number of hydrogen-bond donors (Lipinski definition) is 1. The van der Waals surface area contributed by atoms with Crippen LogP contribution in [0, 0.1) is 11.7 Å². The highest BCUT2D eigenvalue weighted by Gasteiger charge is 2.33. The number of guanidine groups is 1. The molecule has 8 heteroatoms. The van der Waals surface area contributed by atoms with Gasteiger partial charge in [-0.25, -0.2) is 4.39 Å². The fourth-order valence-electron chi connectivity index (χ4n) is 3.04. The highest BCUT2D eigenvalue weighted by atomic mass is 19.4. The summed E-state index contributed by atoms with van der Waals surface area (Å²) in [6.07, 6.45) is -1.56. The van der Waals surface area contributed by atoms with Crippen molar-refractivity contribution in [3.05, 3.63) is 35.1 Å². The Balaban J connectivity index is 1.94. The second-order valence-corrected chi connectivity index (χ2v) is 6.47. The Labute approximate surface area is 151 Å². The monoisotopic (exact) mass is 375 g/mol. The van der Waals surface area contributed by atoms with Gasteiger partial charge in [-0.05, 0) is 42.9 Å². The molecular weight excluding hydrogens is 350 g/mol. The molecule has 0 aromatic heterocycles. The van der Waals surface area contributed by atoms with Gasteiger partial charge in [-0.2, -0.15) is 13.2 Å². The molecular formula is C18H25F4N3O. The Morgan fingerprint density at radius 2 is 2.00 bits per heavy atom. The minimum absolute atomic E-state index is 0.0159. The zero-order chi connectivity index (χ0) is 19.2. The van der Waals surface area contributed by atoms with Gasteiger partial charge in [0.2, 0.25) is 0 Å². The molecule has 1 aromatic carbocycles. The van der Waals surface area contributed by atoms with Crippen molar-refractivity contribution in [2.24, 2.45) is 10.9 Å². The largest absolute Gasteiger partial charge is 0.416 e. The predicted molar refractivity (Wildman–Crippen MR) is 92.4 cm³/mol. The van der Waals surface area contributed by atoms with Crippen LogP contribution >= 0.6 is 0 Å². The number of aliphatic imine (C=N–C) groups is 1. The third-order valence-electron chi connectivity index (χ3n) is 4.60. The summed E-state index contributed by atoms with van der Waals surface area (Å²) in [7, 11) is 3.44. The number of rotatable bonds is 5. The molecule has 0 unspecified atom stereocenters. The first kappa shape index (κ1) is 20.5. The van der Waals surface area contributed by atoms with Crippen LogP contribution in [0.1, 0.15) is 30.4 Å². The predicted octanol–water partition coefficient (Wildman–Crippen LogP) is 3.67. The zero-order valence-electron chi connectivity index (χ0n) is 15.1. The van der Waals surface area contributed by atoms with Gasteiger partial charge in [-0.15, -0.1) is 0 Å². The minimum atomic E-state index is -4.60. The number of nitrogens with zero attached hydrogens (tertiary/aromatic N) is 2. The van der Waals surface area contributed by atoms with Gasteiger partial charge in [0.15, 0.2) is 5.96 Å². The maximum absolute atomic E-state index is 13.2. The molecule has 0 amide bonds. The molecule has 1 fully saturated rings. The van der Waals surface area contributed by atoms with Crippen molar-refractivity contribution >= 4 is 5.96 Å². The van der Waals surface area contributed by atoms with Crippen LogP contribution in [0.2, 0.25) is 0 Å². The first-order chi connectivity index (χ1) is 12.3. The average Bonchev–Trinajstić information content (AvgIpc) is 2.61. The van der Waals surface area contributed by atoms with Crippen molar-refractivity contribution in [1.82, 2.24) is 10.2 Å².